The van der Waals surface area contributed by atoms with E-state index in [2.05, 4.69) is 4.98 Å². The van der Waals surface area contributed by atoms with Crippen molar-refractivity contribution >= 4 is 22.3 Å². The minimum absolute atomic E-state index is 0.0748. The summed E-state index contributed by atoms with van der Waals surface area (Å²) in [5.74, 6) is 0.660. The number of ether oxygens (including phenoxy) is 1. The zero-order chi connectivity index (χ0) is 13.4. The lowest BCUT2D eigenvalue weighted by Gasteiger charge is -2.02. The largest absolute Gasteiger partial charge is 0.497 e. The third kappa shape index (κ3) is 2.02. The topological polar surface area (TPSA) is 52.3 Å². The van der Waals surface area contributed by atoms with Gasteiger partial charge in [-0.05, 0) is 19.1 Å². The molecular formula is C14H11NO3S. The number of nitrogens with zero attached hydrogens (tertiary/aromatic N) is 1. The molecule has 0 aliphatic carbocycles. The van der Waals surface area contributed by atoms with E-state index in [9.17, 15) is 4.79 Å². The summed E-state index contributed by atoms with van der Waals surface area (Å²) in [7, 11) is 1.58. The van der Waals surface area contributed by atoms with E-state index in [1.807, 2.05) is 12.3 Å². The fraction of sp³-hybridized carbons (Fsp3) is 0.143. The van der Waals surface area contributed by atoms with E-state index in [-0.39, 0.29) is 5.43 Å². The molecule has 0 unspecified atom stereocenters. The van der Waals surface area contributed by atoms with Crippen molar-refractivity contribution in [2.45, 2.75) is 6.92 Å². The molecule has 2 heterocycles. The van der Waals surface area contributed by atoms with Crippen LogP contribution in [0, 0.1) is 6.92 Å². The molecule has 3 aromatic rings. The van der Waals surface area contributed by atoms with Crippen LogP contribution >= 0.6 is 11.3 Å². The van der Waals surface area contributed by atoms with Gasteiger partial charge in [0.15, 0.2) is 0 Å². The Morgan fingerprint density at radius 3 is 2.89 bits per heavy atom. The third-order valence-corrected chi connectivity index (χ3v) is 3.65. The number of thiazole rings is 1. The van der Waals surface area contributed by atoms with Gasteiger partial charge in [-0.25, -0.2) is 4.98 Å². The van der Waals surface area contributed by atoms with Gasteiger partial charge in [0, 0.05) is 11.4 Å². The van der Waals surface area contributed by atoms with Crippen molar-refractivity contribution in [3.63, 3.8) is 0 Å². The lowest BCUT2D eigenvalue weighted by molar-refractivity contribution is 0.414. The maximum Gasteiger partial charge on any atom is 0.202 e. The van der Waals surface area contributed by atoms with Crippen molar-refractivity contribution in [1.29, 1.82) is 0 Å². The molecule has 2 aromatic heterocycles. The zero-order valence-electron chi connectivity index (χ0n) is 10.5. The predicted molar refractivity (Wildman–Crippen MR) is 74.9 cm³/mol. The van der Waals surface area contributed by atoms with E-state index in [4.69, 9.17) is 9.15 Å². The van der Waals surface area contributed by atoms with Crippen LogP contribution in [-0.2, 0) is 0 Å². The average Bonchev–Trinajstić information content (AvgIpc) is 2.85. The number of hydrogen-bond acceptors (Lipinski definition) is 5. The Hall–Kier alpha value is -2.14. The van der Waals surface area contributed by atoms with E-state index in [0.717, 1.165) is 5.01 Å². The van der Waals surface area contributed by atoms with E-state index in [1.165, 1.54) is 17.6 Å². The Morgan fingerprint density at radius 2 is 2.21 bits per heavy atom. The van der Waals surface area contributed by atoms with Crippen molar-refractivity contribution in [3.05, 3.63) is 45.1 Å². The van der Waals surface area contributed by atoms with Gasteiger partial charge in [0.05, 0.1) is 28.8 Å². The molecule has 5 heteroatoms. The van der Waals surface area contributed by atoms with Gasteiger partial charge in [-0.2, -0.15) is 0 Å². The molecule has 0 saturated carbocycles. The first-order valence-electron chi connectivity index (χ1n) is 5.71. The maximum atomic E-state index is 12.4. The fourth-order valence-electron chi connectivity index (χ4n) is 1.90. The second-order valence-corrected chi connectivity index (χ2v) is 5.15. The summed E-state index contributed by atoms with van der Waals surface area (Å²) < 4.78 is 10.6. The lowest BCUT2D eigenvalue weighted by Crippen LogP contribution is -2.05. The molecule has 0 amide bonds. The Balaban J connectivity index is 2.24. The second-order valence-electron chi connectivity index (χ2n) is 4.09. The van der Waals surface area contributed by atoms with Gasteiger partial charge in [0.25, 0.3) is 0 Å². The molecular weight excluding hydrogens is 262 g/mol. The van der Waals surface area contributed by atoms with Crippen LogP contribution in [0.1, 0.15) is 5.01 Å². The molecule has 0 atom stereocenters. The molecule has 0 spiro atoms. The minimum Gasteiger partial charge on any atom is -0.497 e. The van der Waals surface area contributed by atoms with Crippen LogP contribution in [0.3, 0.4) is 0 Å². The van der Waals surface area contributed by atoms with Gasteiger partial charge in [0.2, 0.25) is 5.43 Å². The van der Waals surface area contributed by atoms with Gasteiger partial charge < -0.3 is 9.15 Å². The van der Waals surface area contributed by atoms with Crippen molar-refractivity contribution in [1.82, 2.24) is 4.98 Å². The highest BCUT2D eigenvalue weighted by atomic mass is 32.1. The predicted octanol–water partition coefficient (Wildman–Crippen LogP) is 3.23. The third-order valence-electron chi connectivity index (χ3n) is 2.88. The Bertz CT molecular complexity index is 804. The number of fused-ring (bicyclic) bond motifs is 1. The van der Waals surface area contributed by atoms with E-state index < -0.39 is 0 Å². The van der Waals surface area contributed by atoms with Crippen LogP contribution in [0.5, 0.6) is 5.75 Å². The summed E-state index contributed by atoms with van der Waals surface area (Å²) in [5, 5.41) is 3.31. The molecule has 3 rings (SSSR count). The summed E-state index contributed by atoms with van der Waals surface area (Å²) in [6.45, 7) is 1.90. The van der Waals surface area contributed by atoms with E-state index in [1.54, 1.807) is 25.3 Å². The molecule has 0 saturated heterocycles. The number of rotatable bonds is 2. The summed E-state index contributed by atoms with van der Waals surface area (Å²) in [4.78, 5) is 16.7. The normalized spacial score (nSPS) is 10.8. The first-order valence-corrected chi connectivity index (χ1v) is 6.59. The van der Waals surface area contributed by atoms with Crippen LogP contribution in [0.2, 0.25) is 0 Å². The number of hydrogen-bond donors (Lipinski definition) is 0. The fourth-order valence-corrected chi connectivity index (χ4v) is 2.51. The lowest BCUT2D eigenvalue weighted by atomic mass is 10.1. The van der Waals surface area contributed by atoms with E-state index in [0.29, 0.717) is 28.0 Å². The second kappa shape index (κ2) is 4.51. The number of aromatic nitrogens is 1. The summed E-state index contributed by atoms with van der Waals surface area (Å²) in [6.07, 6.45) is 1.46. The highest BCUT2D eigenvalue weighted by Crippen LogP contribution is 2.23. The van der Waals surface area contributed by atoms with Gasteiger partial charge in [-0.15, -0.1) is 11.3 Å². The SMILES string of the molecule is COc1ccc2c(=O)c(-c3csc(C)n3)coc2c1. The van der Waals surface area contributed by atoms with E-state index >= 15 is 0 Å². The maximum absolute atomic E-state index is 12.4. The minimum atomic E-state index is -0.0748. The van der Waals surface area contributed by atoms with Crippen molar-refractivity contribution in [2.75, 3.05) is 7.11 Å². The monoisotopic (exact) mass is 273 g/mol. The van der Waals surface area contributed by atoms with Gasteiger partial charge in [-0.1, -0.05) is 0 Å². The number of aryl methyl sites for hydroxylation is 1. The smallest absolute Gasteiger partial charge is 0.202 e. The molecule has 0 N–H and O–H groups in total. The summed E-state index contributed by atoms with van der Waals surface area (Å²) in [5.41, 5.74) is 1.59. The van der Waals surface area contributed by atoms with Gasteiger partial charge in [0.1, 0.15) is 17.6 Å². The highest BCUT2D eigenvalue weighted by molar-refractivity contribution is 7.09. The summed E-state index contributed by atoms with van der Waals surface area (Å²) >= 11 is 1.51. The van der Waals surface area contributed by atoms with Crippen molar-refractivity contribution in [3.8, 4) is 17.0 Å². The van der Waals surface area contributed by atoms with Crippen LogP contribution in [-0.4, -0.2) is 12.1 Å². The Kier molecular flexibility index (Phi) is 2.83. The Labute approximate surface area is 113 Å². The molecule has 0 aliphatic rings. The highest BCUT2D eigenvalue weighted by Gasteiger charge is 2.11. The molecule has 19 heavy (non-hydrogen) atoms. The summed E-state index contributed by atoms with van der Waals surface area (Å²) in [6, 6.07) is 5.16. The average molecular weight is 273 g/mol. The molecule has 0 fully saturated rings. The Morgan fingerprint density at radius 1 is 1.37 bits per heavy atom. The van der Waals surface area contributed by atoms with Gasteiger partial charge >= 0.3 is 0 Å². The number of methoxy groups -OCH3 is 1. The zero-order valence-corrected chi connectivity index (χ0v) is 11.3. The van der Waals surface area contributed by atoms with Crippen LogP contribution in [0.15, 0.2) is 39.1 Å². The first kappa shape index (κ1) is 11.9. The number of benzene rings is 1. The molecule has 0 radical (unpaired) electrons. The molecule has 0 bridgehead atoms. The van der Waals surface area contributed by atoms with Crippen LogP contribution in [0.4, 0.5) is 0 Å². The first-order chi connectivity index (χ1) is 9.19. The molecule has 1 aromatic carbocycles. The standard InChI is InChI=1S/C14H11NO3S/c1-8-15-12(7-19-8)11-6-18-13-5-9(17-2)3-4-10(13)14(11)16/h3-7H,1-2H3. The molecule has 4 nitrogen and oxygen atoms in total. The van der Waals surface area contributed by atoms with Crippen molar-refractivity contribution < 1.29 is 9.15 Å². The van der Waals surface area contributed by atoms with Crippen molar-refractivity contribution in [2.24, 2.45) is 0 Å². The molecule has 96 valence electrons. The van der Waals surface area contributed by atoms with Crippen LogP contribution in [0.25, 0.3) is 22.2 Å². The molecule has 0 aliphatic heterocycles. The van der Waals surface area contributed by atoms with Gasteiger partial charge in [-0.3, -0.25) is 4.79 Å². The quantitative estimate of drug-likeness (QED) is 0.719. The van der Waals surface area contributed by atoms with Crippen LogP contribution < -0.4 is 10.2 Å².